The van der Waals surface area contributed by atoms with Gasteiger partial charge in [-0.3, -0.25) is 4.79 Å². The van der Waals surface area contributed by atoms with Crippen molar-refractivity contribution >= 4 is 17.8 Å². The number of carbonyl (C=O) groups is 1. The standard InChI is InChI=1S/C21H27N3O2/c1-5-24(6-2)19-12-10-18(11-13-19)14-22-23-20(25)15-26-21-16(3)8-7-9-17(21)4/h7-14H,5-6,15H2,1-4H3,(H,23,25)/b22-14-. The third kappa shape index (κ3) is 5.34. The first-order valence-corrected chi connectivity index (χ1v) is 8.91. The van der Waals surface area contributed by atoms with Crippen LogP contribution in [0.4, 0.5) is 5.69 Å². The van der Waals surface area contributed by atoms with Crippen molar-refractivity contribution < 1.29 is 9.53 Å². The molecule has 0 heterocycles. The minimum atomic E-state index is -0.288. The SMILES string of the molecule is CCN(CC)c1ccc(/C=N\NC(=O)COc2c(C)cccc2C)cc1. The second-order valence-corrected chi connectivity index (χ2v) is 6.07. The van der Waals surface area contributed by atoms with E-state index in [1.807, 2.05) is 44.2 Å². The summed E-state index contributed by atoms with van der Waals surface area (Å²) in [5.41, 5.74) is 6.62. The van der Waals surface area contributed by atoms with Crippen molar-refractivity contribution in [3.8, 4) is 5.75 Å². The zero-order chi connectivity index (χ0) is 18.9. The molecule has 0 radical (unpaired) electrons. The predicted octanol–water partition coefficient (Wildman–Crippen LogP) is 3.68. The Labute approximate surface area is 155 Å². The Balaban J connectivity index is 1.85. The maximum atomic E-state index is 11.9. The van der Waals surface area contributed by atoms with Crippen molar-refractivity contribution in [2.24, 2.45) is 5.10 Å². The van der Waals surface area contributed by atoms with E-state index in [0.29, 0.717) is 0 Å². The molecule has 0 spiro atoms. The van der Waals surface area contributed by atoms with Crippen LogP contribution in [-0.2, 0) is 4.79 Å². The summed E-state index contributed by atoms with van der Waals surface area (Å²) in [6, 6.07) is 14.0. The summed E-state index contributed by atoms with van der Waals surface area (Å²) in [7, 11) is 0. The molecule has 1 N–H and O–H groups in total. The average molecular weight is 353 g/mol. The van der Waals surface area contributed by atoms with Gasteiger partial charge in [-0.15, -0.1) is 0 Å². The average Bonchev–Trinajstić information content (AvgIpc) is 2.63. The van der Waals surface area contributed by atoms with Gasteiger partial charge in [0.05, 0.1) is 6.21 Å². The number of ether oxygens (including phenoxy) is 1. The molecule has 2 aromatic rings. The fraction of sp³-hybridized carbons (Fsp3) is 0.333. The highest BCUT2D eigenvalue weighted by atomic mass is 16.5. The Morgan fingerprint density at radius 2 is 1.69 bits per heavy atom. The molecule has 0 aliphatic heterocycles. The molecule has 0 atom stereocenters. The summed E-state index contributed by atoms with van der Waals surface area (Å²) in [6.45, 7) is 10.1. The highest BCUT2D eigenvalue weighted by Crippen LogP contribution is 2.22. The van der Waals surface area contributed by atoms with E-state index in [4.69, 9.17) is 4.74 Å². The Bertz CT molecular complexity index is 730. The van der Waals surface area contributed by atoms with Crippen LogP contribution < -0.4 is 15.1 Å². The molecule has 0 unspecified atom stereocenters. The van der Waals surface area contributed by atoms with E-state index in [2.05, 4.69) is 41.4 Å². The number of nitrogens with zero attached hydrogens (tertiary/aromatic N) is 2. The minimum Gasteiger partial charge on any atom is -0.483 e. The lowest BCUT2D eigenvalue weighted by atomic mass is 10.1. The first-order valence-electron chi connectivity index (χ1n) is 8.91. The second-order valence-electron chi connectivity index (χ2n) is 6.07. The fourth-order valence-corrected chi connectivity index (χ4v) is 2.74. The van der Waals surface area contributed by atoms with Crippen molar-refractivity contribution in [3.05, 3.63) is 59.2 Å². The third-order valence-electron chi connectivity index (χ3n) is 4.18. The summed E-state index contributed by atoms with van der Waals surface area (Å²) in [4.78, 5) is 14.2. The lowest BCUT2D eigenvalue weighted by Gasteiger charge is -2.20. The summed E-state index contributed by atoms with van der Waals surface area (Å²) in [5.74, 6) is 0.460. The molecule has 2 rings (SSSR count). The van der Waals surface area contributed by atoms with Crippen molar-refractivity contribution in [3.63, 3.8) is 0 Å². The summed E-state index contributed by atoms with van der Waals surface area (Å²) >= 11 is 0. The van der Waals surface area contributed by atoms with E-state index >= 15 is 0 Å². The Kier molecular flexibility index (Phi) is 7.21. The van der Waals surface area contributed by atoms with Gasteiger partial charge in [-0.1, -0.05) is 30.3 Å². The molecular formula is C21H27N3O2. The number of hydrazone groups is 1. The molecule has 0 saturated carbocycles. The second kappa shape index (κ2) is 9.61. The molecule has 0 saturated heterocycles. The molecule has 0 aliphatic carbocycles. The molecule has 1 amide bonds. The molecular weight excluding hydrogens is 326 g/mol. The highest BCUT2D eigenvalue weighted by molar-refractivity contribution is 5.83. The van der Waals surface area contributed by atoms with Crippen molar-refractivity contribution in [1.29, 1.82) is 0 Å². The smallest absolute Gasteiger partial charge is 0.277 e. The normalized spacial score (nSPS) is 10.8. The third-order valence-corrected chi connectivity index (χ3v) is 4.18. The fourth-order valence-electron chi connectivity index (χ4n) is 2.74. The van der Waals surface area contributed by atoms with Crippen molar-refractivity contribution in [2.75, 3.05) is 24.6 Å². The molecule has 0 fully saturated rings. The maximum absolute atomic E-state index is 11.9. The molecule has 0 bridgehead atoms. The van der Waals surface area contributed by atoms with Crippen LogP contribution in [0.1, 0.15) is 30.5 Å². The minimum absolute atomic E-state index is 0.0655. The summed E-state index contributed by atoms with van der Waals surface area (Å²) < 4.78 is 5.61. The largest absolute Gasteiger partial charge is 0.483 e. The number of rotatable bonds is 8. The van der Waals surface area contributed by atoms with E-state index in [9.17, 15) is 4.79 Å². The monoisotopic (exact) mass is 353 g/mol. The van der Waals surface area contributed by atoms with Gasteiger partial charge in [0.2, 0.25) is 0 Å². The van der Waals surface area contributed by atoms with E-state index in [0.717, 1.165) is 35.5 Å². The van der Waals surface area contributed by atoms with Crippen molar-refractivity contribution in [1.82, 2.24) is 5.43 Å². The van der Waals surface area contributed by atoms with Gasteiger partial charge in [0.15, 0.2) is 6.61 Å². The van der Waals surface area contributed by atoms with Crippen LogP contribution in [0.25, 0.3) is 0 Å². The van der Waals surface area contributed by atoms with Crippen LogP contribution in [0.3, 0.4) is 0 Å². The van der Waals surface area contributed by atoms with Gasteiger partial charge < -0.3 is 9.64 Å². The van der Waals surface area contributed by atoms with Gasteiger partial charge in [-0.05, 0) is 56.5 Å². The van der Waals surface area contributed by atoms with E-state index in [1.54, 1.807) is 6.21 Å². The Hall–Kier alpha value is -2.82. The topological polar surface area (TPSA) is 53.9 Å². The van der Waals surface area contributed by atoms with E-state index < -0.39 is 0 Å². The van der Waals surface area contributed by atoms with Gasteiger partial charge in [0, 0.05) is 18.8 Å². The lowest BCUT2D eigenvalue weighted by molar-refractivity contribution is -0.123. The van der Waals surface area contributed by atoms with Gasteiger partial charge >= 0.3 is 0 Å². The lowest BCUT2D eigenvalue weighted by Crippen LogP contribution is -2.25. The van der Waals surface area contributed by atoms with Crippen LogP contribution in [0.2, 0.25) is 0 Å². The first-order chi connectivity index (χ1) is 12.5. The number of benzene rings is 2. The van der Waals surface area contributed by atoms with Crippen LogP contribution in [0, 0.1) is 13.8 Å². The number of hydrogen-bond donors (Lipinski definition) is 1. The molecule has 0 aliphatic rings. The van der Waals surface area contributed by atoms with Crippen LogP contribution in [-0.4, -0.2) is 31.8 Å². The Morgan fingerprint density at radius 3 is 2.27 bits per heavy atom. The van der Waals surface area contributed by atoms with Crippen LogP contribution in [0.5, 0.6) is 5.75 Å². The van der Waals surface area contributed by atoms with E-state index in [-0.39, 0.29) is 12.5 Å². The zero-order valence-electron chi connectivity index (χ0n) is 16.0. The number of anilines is 1. The highest BCUT2D eigenvalue weighted by Gasteiger charge is 2.06. The quantitative estimate of drug-likeness (QED) is 0.582. The molecule has 5 heteroatoms. The van der Waals surface area contributed by atoms with Gasteiger partial charge in [-0.25, -0.2) is 5.43 Å². The van der Waals surface area contributed by atoms with Crippen LogP contribution in [0.15, 0.2) is 47.6 Å². The number of amides is 1. The predicted molar refractivity (Wildman–Crippen MR) is 107 cm³/mol. The Morgan fingerprint density at radius 1 is 1.08 bits per heavy atom. The zero-order valence-corrected chi connectivity index (χ0v) is 16.0. The number of carbonyl (C=O) groups excluding carboxylic acids is 1. The van der Waals surface area contributed by atoms with Crippen LogP contribution >= 0.6 is 0 Å². The number of nitrogens with one attached hydrogen (secondary N) is 1. The molecule has 2 aromatic carbocycles. The van der Waals surface area contributed by atoms with Crippen molar-refractivity contribution in [2.45, 2.75) is 27.7 Å². The van der Waals surface area contributed by atoms with Gasteiger partial charge in [0.1, 0.15) is 5.75 Å². The van der Waals surface area contributed by atoms with E-state index in [1.165, 1.54) is 5.69 Å². The number of para-hydroxylation sites is 1. The molecule has 26 heavy (non-hydrogen) atoms. The molecule has 5 nitrogen and oxygen atoms in total. The summed E-state index contributed by atoms with van der Waals surface area (Å²) in [6.07, 6.45) is 1.63. The number of hydrogen-bond acceptors (Lipinski definition) is 4. The summed E-state index contributed by atoms with van der Waals surface area (Å²) in [5, 5.41) is 4.00. The molecule has 0 aromatic heterocycles. The van der Waals surface area contributed by atoms with Gasteiger partial charge in [-0.2, -0.15) is 5.10 Å². The number of aryl methyl sites for hydroxylation is 2. The molecule has 138 valence electrons. The maximum Gasteiger partial charge on any atom is 0.277 e. The van der Waals surface area contributed by atoms with Gasteiger partial charge in [0.25, 0.3) is 5.91 Å². The first kappa shape index (κ1) is 19.5.